The van der Waals surface area contributed by atoms with Gasteiger partial charge in [-0.1, -0.05) is 24.6 Å². The van der Waals surface area contributed by atoms with E-state index < -0.39 is 47.7 Å². The molecule has 292 valence electrons. The van der Waals surface area contributed by atoms with Crippen LogP contribution in [0.5, 0.6) is 0 Å². The van der Waals surface area contributed by atoms with Crippen LogP contribution in [0, 0.1) is 5.92 Å². The Bertz CT molecular complexity index is 2370. The van der Waals surface area contributed by atoms with Gasteiger partial charge in [0.05, 0.1) is 28.7 Å². The fourth-order valence-electron chi connectivity index (χ4n) is 7.03. The standard InChI is InChI=1S/C41H38F2N8O6/c42-36(43)35-30(46-37(53)31-22-57-39(47-31)26-16-17-44-33(19-26)45-20-25-6-7-25)21-50(49-35)27-11-8-23(9-12-27)4-2-1-3-5-24-10-13-28-29(18-24)41(56)51(40(28)55)32-14-15-34(52)48-38(32)54/h8-13,16-19,21-22,25,32,36H,1-7,14-15,20H2,(H,44,45)(H,46,53)(H,48,52,54). The van der Waals surface area contributed by atoms with Gasteiger partial charge in [0.2, 0.25) is 17.7 Å². The van der Waals surface area contributed by atoms with Crippen LogP contribution in [0.4, 0.5) is 20.3 Å². The summed E-state index contributed by atoms with van der Waals surface area (Å²) >= 11 is 0. The average molecular weight is 777 g/mol. The van der Waals surface area contributed by atoms with Crippen molar-refractivity contribution in [1.29, 1.82) is 0 Å². The number of rotatable bonds is 15. The number of amides is 5. The summed E-state index contributed by atoms with van der Waals surface area (Å²) in [5.41, 5.74) is 2.82. The minimum Gasteiger partial charge on any atom is -0.444 e. The van der Waals surface area contributed by atoms with Gasteiger partial charge < -0.3 is 15.1 Å². The van der Waals surface area contributed by atoms with E-state index >= 15 is 0 Å². The van der Waals surface area contributed by atoms with Crippen molar-refractivity contribution in [3.63, 3.8) is 0 Å². The molecule has 1 saturated heterocycles. The van der Waals surface area contributed by atoms with Gasteiger partial charge in [-0.05, 0) is 98.4 Å². The van der Waals surface area contributed by atoms with Crippen LogP contribution in [-0.2, 0) is 22.4 Å². The first-order chi connectivity index (χ1) is 27.6. The van der Waals surface area contributed by atoms with Crippen molar-refractivity contribution in [2.24, 2.45) is 5.92 Å². The van der Waals surface area contributed by atoms with Crippen LogP contribution in [0.25, 0.3) is 17.1 Å². The molecule has 1 atom stereocenters. The summed E-state index contributed by atoms with van der Waals surface area (Å²) in [6, 6.07) is 15.0. The second kappa shape index (κ2) is 15.9. The lowest BCUT2D eigenvalue weighted by molar-refractivity contribution is -0.136. The summed E-state index contributed by atoms with van der Waals surface area (Å²) < 4.78 is 34.9. The molecule has 5 amide bonds. The molecular formula is C41H38F2N8O6. The zero-order chi connectivity index (χ0) is 39.6. The minimum atomic E-state index is -2.95. The highest BCUT2D eigenvalue weighted by molar-refractivity contribution is 6.23. The highest BCUT2D eigenvalue weighted by atomic mass is 19.3. The van der Waals surface area contributed by atoms with Crippen molar-refractivity contribution in [1.82, 2.24) is 30.0 Å². The topological polar surface area (TPSA) is 181 Å². The summed E-state index contributed by atoms with van der Waals surface area (Å²) in [4.78, 5) is 72.6. The number of hydrogen-bond acceptors (Lipinski definition) is 10. The molecular weight excluding hydrogens is 738 g/mol. The van der Waals surface area contributed by atoms with Crippen LogP contribution in [0.15, 0.2) is 77.7 Å². The average Bonchev–Trinajstić information content (AvgIpc) is 3.62. The molecule has 2 aliphatic heterocycles. The van der Waals surface area contributed by atoms with Crippen molar-refractivity contribution in [3.05, 3.63) is 107 Å². The van der Waals surface area contributed by atoms with Gasteiger partial charge in [0.15, 0.2) is 11.4 Å². The zero-order valence-electron chi connectivity index (χ0n) is 30.7. The number of imide groups is 2. The van der Waals surface area contributed by atoms with Gasteiger partial charge in [-0.3, -0.25) is 34.2 Å². The number of benzene rings is 2. The van der Waals surface area contributed by atoms with E-state index in [0.717, 1.165) is 48.3 Å². The van der Waals surface area contributed by atoms with Crippen LogP contribution >= 0.6 is 0 Å². The van der Waals surface area contributed by atoms with Crippen LogP contribution in [0.3, 0.4) is 0 Å². The predicted molar refractivity (Wildman–Crippen MR) is 202 cm³/mol. The lowest BCUT2D eigenvalue weighted by Gasteiger charge is -2.27. The molecule has 1 saturated carbocycles. The molecule has 5 heterocycles. The Balaban J connectivity index is 0.829. The second-order valence-electron chi connectivity index (χ2n) is 14.5. The number of oxazole rings is 1. The van der Waals surface area contributed by atoms with E-state index in [4.69, 9.17) is 4.42 Å². The van der Waals surface area contributed by atoms with Crippen molar-refractivity contribution in [2.75, 3.05) is 17.2 Å². The van der Waals surface area contributed by atoms with Gasteiger partial charge in [-0.15, -0.1) is 0 Å². The Morgan fingerprint density at radius 3 is 2.42 bits per heavy atom. The number of carbonyl (C=O) groups excluding carboxylic acids is 5. The molecule has 8 rings (SSSR count). The first-order valence-corrected chi connectivity index (χ1v) is 18.9. The fraction of sp³-hybridized carbons (Fsp3) is 0.317. The SMILES string of the molecule is O=C1CCC(N2C(=O)c3ccc(CCCCCc4ccc(-n5cc(NC(=O)c6coc(-c7ccnc(NCC8CC8)c7)n6)c(C(F)F)n5)cc4)cc3C2=O)C(=O)N1. The first kappa shape index (κ1) is 37.3. The number of anilines is 2. The van der Waals surface area contributed by atoms with E-state index in [1.807, 2.05) is 18.2 Å². The molecule has 2 aromatic carbocycles. The summed E-state index contributed by atoms with van der Waals surface area (Å²) in [5, 5.41) is 12.0. The maximum absolute atomic E-state index is 14.0. The number of fused-ring (bicyclic) bond motifs is 1. The lowest BCUT2D eigenvalue weighted by Crippen LogP contribution is -2.54. The van der Waals surface area contributed by atoms with Crippen molar-refractivity contribution in [2.45, 2.75) is 70.3 Å². The second-order valence-corrected chi connectivity index (χ2v) is 14.5. The van der Waals surface area contributed by atoms with Gasteiger partial charge in [-0.2, -0.15) is 5.10 Å². The molecule has 5 aromatic rings. The van der Waals surface area contributed by atoms with Gasteiger partial charge in [0, 0.05) is 24.7 Å². The van der Waals surface area contributed by atoms with E-state index in [1.165, 1.54) is 30.0 Å². The van der Waals surface area contributed by atoms with Gasteiger partial charge in [0.1, 0.15) is 18.1 Å². The van der Waals surface area contributed by atoms with Crippen LogP contribution < -0.4 is 16.0 Å². The molecule has 14 nitrogen and oxygen atoms in total. The minimum absolute atomic E-state index is 0.0643. The Morgan fingerprint density at radius 1 is 0.912 bits per heavy atom. The third-order valence-corrected chi connectivity index (χ3v) is 10.3. The highest BCUT2D eigenvalue weighted by Crippen LogP contribution is 2.31. The Labute approximate surface area is 325 Å². The number of carbonyl (C=O) groups is 5. The lowest BCUT2D eigenvalue weighted by atomic mass is 10.00. The summed E-state index contributed by atoms with van der Waals surface area (Å²) in [6.45, 7) is 0.829. The van der Waals surface area contributed by atoms with Crippen LogP contribution in [0.2, 0.25) is 0 Å². The molecule has 1 aliphatic carbocycles. The molecule has 3 N–H and O–H groups in total. The monoisotopic (exact) mass is 776 g/mol. The quantitative estimate of drug-likeness (QED) is 0.0808. The van der Waals surface area contributed by atoms with E-state index in [1.54, 1.807) is 42.6 Å². The number of aromatic nitrogens is 4. The van der Waals surface area contributed by atoms with E-state index in [9.17, 15) is 32.8 Å². The number of alkyl halides is 2. The molecule has 57 heavy (non-hydrogen) atoms. The molecule has 3 aliphatic rings. The Hall–Kier alpha value is -6.58. The van der Waals surface area contributed by atoms with Crippen LogP contribution in [0.1, 0.15) is 99.4 Å². The molecule has 16 heteroatoms. The third kappa shape index (κ3) is 8.20. The van der Waals surface area contributed by atoms with Gasteiger partial charge in [-0.25, -0.2) is 23.4 Å². The zero-order valence-corrected chi connectivity index (χ0v) is 30.7. The number of halogens is 2. The fourth-order valence-corrected chi connectivity index (χ4v) is 7.03. The van der Waals surface area contributed by atoms with E-state index in [-0.39, 0.29) is 41.2 Å². The molecule has 0 bridgehead atoms. The number of hydrogen-bond donors (Lipinski definition) is 3. The van der Waals surface area contributed by atoms with Crippen molar-refractivity contribution in [3.8, 4) is 17.1 Å². The molecule has 0 spiro atoms. The highest BCUT2D eigenvalue weighted by Gasteiger charge is 2.44. The number of unbranched alkanes of at least 4 members (excludes halogenated alkanes) is 2. The summed E-state index contributed by atoms with van der Waals surface area (Å²) in [5.74, 6) is -1.32. The Morgan fingerprint density at radius 2 is 1.67 bits per heavy atom. The summed E-state index contributed by atoms with van der Waals surface area (Å²) in [6.07, 6.45) is 7.82. The maximum atomic E-state index is 14.0. The molecule has 2 fully saturated rings. The number of piperidine rings is 1. The first-order valence-electron chi connectivity index (χ1n) is 18.9. The van der Waals surface area contributed by atoms with E-state index in [2.05, 4.69) is 31.0 Å². The predicted octanol–water partition coefficient (Wildman–Crippen LogP) is 6.29. The summed E-state index contributed by atoms with van der Waals surface area (Å²) in [7, 11) is 0. The molecule has 3 aromatic heterocycles. The third-order valence-electron chi connectivity index (χ3n) is 10.3. The number of pyridine rings is 1. The Kier molecular flexibility index (Phi) is 10.4. The van der Waals surface area contributed by atoms with E-state index in [0.29, 0.717) is 29.4 Å². The molecule has 1 unspecified atom stereocenters. The van der Waals surface area contributed by atoms with Gasteiger partial charge in [0.25, 0.3) is 24.1 Å². The van der Waals surface area contributed by atoms with Crippen molar-refractivity contribution < 1.29 is 37.2 Å². The smallest absolute Gasteiger partial charge is 0.284 e. The number of aryl methyl sites for hydroxylation is 2. The van der Waals surface area contributed by atoms with Crippen molar-refractivity contribution >= 4 is 41.0 Å². The number of nitrogens with zero attached hydrogens (tertiary/aromatic N) is 5. The largest absolute Gasteiger partial charge is 0.444 e. The molecule has 0 radical (unpaired) electrons. The maximum Gasteiger partial charge on any atom is 0.284 e. The van der Waals surface area contributed by atoms with Crippen LogP contribution in [-0.4, -0.2) is 66.8 Å². The van der Waals surface area contributed by atoms with Gasteiger partial charge >= 0.3 is 0 Å². The normalized spacial score (nSPS) is 16.6. The number of nitrogens with one attached hydrogen (secondary N) is 3.